The number of carbonyl (C=O) groups excluding carboxylic acids is 1. The van der Waals surface area contributed by atoms with Gasteiger partial charge in [-0.2, -0.15) is 13.2 Å². The zero-order valence-corrected chi connectivity index (χ0v) is 14.0. The van der Waals surface area contributed by atoms with Crippen molar-refractivity contribution in [3.8, 4) is 0 Å². The number of nitrogens with zero attached hydrogens (tertiary/aromatic N) is 1. The minimum absolute atomic E-state index is 0.118. The Morgan fingerprint density at radius 2 is 1.61 bits per heavy atom. The first-order valence-electron chi connectivity index (χ1n) is 7.90. The molecule has 0 spiro atoms. The zero-order valence-electron chi connectivity index (χ0n) is 14.0. The van der Waals surface area contributed by atoms with Gasteiger partial charge in [0, 0.05) is 11.8 Å². The second kappa shape index (κ2) is 7.63. The molecule has 0 aliphatic carbocycles. The maximum Gasteiger partial charge on any atom is 0.418 e. The minimum atomic E-state index is -4.62. The molecule has 0 aliphatic rings. The van der Waals surface area contributed by atoms with Gasteiger partial charge in [0.1, 0.15) is 5.69 Å². The van der Waals surface area contributed by atoms with Gasteiger partial charge in [-0.05, 0) is 36.4 Å². The van der Waals surface area contributed by atoms with Crippen molar-refractivity contribution in [2.24, 2.45) is 0 Å². The van der Waals surface area contributed by atoms with E-state index in [9.17, 15) is 26.7 Å². The molecule has 9 heteroatoms. The van der Waals surface area contributed by atoms with Crippen molar-refractivity contribution in [1.82, 2.24) is 4.98 Å². The summed E-state index contributed by atoms with van der Waals surface area (Å²) in [7, 11) is 0. The molecule has 1 aromatic heterocycles. The van der Waals surface area contributed by atoms with Crippen molar-refractivity contribution in [1.29, 1.82) is 0 Å². The second-order valence-electron chi connectivity index (χ2n) is 5.68. The zero-order chi connectivity index (χ0) is 20.3. The van der Waals surface area contributed by atoms with Crippen LogP contribution in [-0.2, 0) is 6.18 Å². The number of pyridine rings is 1. The number of anilines is 3. The third kappa shape index (κ3) is 4.43. The van der Waals surface area contributed by atoms with Crippen LogP contribution < -0.4 is 10.6 Å². The molecule has 0 atom stereocenters. The predicted octanol–water partition coefficient (Wildman–Crippen LogP) is 5.37. The molecule has 2 aromatic carbocycles. The van der Waals surface area contributed by atoms with Gasteiger partial charge >= 0.3 is 6.18 Å². The smallest absolute Gasteiger partial charge is 0.354 e. The van der Waals surface area contributed by atoms with Crippen LogP contribution in [0.4, 0.5) is 39.0 Å². The fourth-order valence-corrected chi connectivity index (χ4v) is 2.37. The fraction of sp³-hybridized carbons (Fsp3) is 0.0526. The number of amides is 1. The summed E-state index contributed by atoms with van der Waals surface area (Å²) in [5, 5.41) is 4.95. The molecule has 0 unspecified atom stereocenters. The quantitative estimate of drug-likeness (QED) is 0.586. The first-order chi connectivity index (χ1) is 13.2. The van der Waals surface area contributed by atoms with Crippen LogP contribution in [0.25, 0.3) is 0 Å². The van der Waals surface area contributed by atoms with Crippen molar-refractivity contribution in [3.63, 3.8) is 0 Å². The SMILES string of the molecule is O=C(Nc1ccccc1C(F)(F)F)c1ccc(Nc2ccc(F)c(F)c2)cn1. The molecule has 0 aliphatic heterocycles. The number of halogens is 5. The Morgan fingerprint density at radius 1 is 0.893 bits per heavy atom. The van der Waals surface area contributed by atoms with Crippen molar-refractivity contribution >= 4 is 23.0 Å². The standard InChI is InChI=1S/C19H12F5N3O/c20-14-7-5-11(9-15(14)21)26-12-6-8-17(25-10-12)18(28)27-16-4-2-1-3-13(16)19(22,23)24/h1-10,26H,(H,27,28). The maximum absolute atomic E-state index is 13.2. The highest BCUT2D eigenvalue weighted by Gasteiger charge is 2.33. The topological polar surface area (TPSA) is 54.0 Å². The first-order valence-corrected chi connectivity index (χ1v) is 7.90. The molecule has 1 heterocycles. The number of hydrogen-bond donors (Lipinski definition) is 2. The largest absolute Gasteiger partial charge is 0.418 e. The van der Waals surface area contributed by atoms with Crippen molar-refractivity contribution < 1.29 is 26.7 Å². The molecular formula is C19H12F5N3O. The summed E-state index contributed by atoms with van der Waals surface area (Å²) in [4.78, 5) is 16.1. The van der Waals surface area contributed by atoms with Crippen molar-refractivity contribution in [2.75, 3.05) is 10.6 Å². The Kier molecular flexibility index (Phi) is 5.25. The van der Waals surface area contributed by atoms with Crippen LogP contribution in [0.1, 0.15) is 16.1 Å². The Hall–Kier alpha value is -3.49. The van der Waals surface area contributed by atoms with E-state index in [0.29, 0.717) is 5.69 Å². The number of carbonyl (C=O) groups is 1. The summed E-state index contributed by atoms with van der Waals surface area (Å²) < 4.78 is 65.1. The number of benzene rings is 2. The predicted molar refractivity (Wildman–Crippen MR) is 93.3 cm³/mol. The van der Waals surface area contributed by atoms with Gasteiger partial charge in [0.2, 0.25) is 0 Å². The lowest BCUT2D eigenvalue weighted by Gasteiger charge is -2.13. The summed E-state index contributed by atoms with van der Waals surface area (Å²) in [6.45, 7) is 0. The highest BCUT2D eigenvalue weighted by atomic mass is 19.4. The van der Waals surface area contributed by atoms with Gasteiger partial charge in [0.05, 0.1) is 23.1 Å². The van der Waals surface area contributed by atoms with E-state index in [4.69, 9.17) is 0 Å². The van der Waals surface area contributed by atoms with E-state index in [0.717, 1.165) is 24.3 Å². The van der Waals surface area contributed by atoms with E-state index < -0.39 is 29.3 Å². The lowest BCUT2D eigenvalue weighted by Crippen LogP contribution is -2.17. The Bertz CT molecular complexity index is 1000. The molecule has 0 radical (unpaired) electrons. The van der Waals surface area contributed by atoms with Gasteiger partial charge in [0.25, 0.3) is 5.91 Å². The first kappa shape index (κ1) is 19.3. The molecule has 2 N–H and O–H groups in total. The molecule has 3 aromatic rings. The van der Waals surface area contributed by atoms with Crippen LogP contribution in [0, 0.1) is 11.6 Å². The van der Waals surface area contributed by atoms with Gasteiger partial charge in [-0.1, -0.05) is 12.1 Å². The van der Waals surface area contributed by atoms with Crippen LogP contribution in [0.5, 0.6) is 0 Å². The highest BCUT2D eigenvalue weighted by molar-refractivity contribution is 6.03. The van der Waals surface area contributed by atoms with Gasteiger partial charge < -0.3 is 10.6 Å². The number of rotatable bonds is 4. The summed E-state index contributed by atoms with van der Waals surface area (Å²) >= 11 is 0. The Balaban J connectivity index is 1.73. The van der Waals surface area contributed by atoms with E-state index in [-0.39, 0.29) is 17.1 Å². The van der Waals surface area contributed by atoms with E-state index in [1.165, 1.54) is 36.5 Å². The fourth-order valence-electron chi connectivity index (χ4n) is 2.37. The summed E-state index contributed by atoms with van der Waals surface area (Å²) in [5.74, 6) is -2.84. The Labute approximate surface area is 156 Å². The van der Waals surface area contributed by atoms with E-state index >= 15 is 0 Å². The van der Waals surface area contributed by atoms with Crippen LogP contribution >= 0.6 is 0 Å². The molecule has 144 valence electrons. The minimum Gasteiger partial charge on any atom is -0.354 e. The summed E-state index contributed by atoms with van der Waals surface area (Å²) in [5.41, 5.74) is -0.839. The maximum atomic E-state index is 13.2. The third-order valence-corrected chi connectivity index (χ3v) is 3.69. The molecule has 1 amide bonds. The van der Waals surface area contributed by atoms with Crippen molar-refractivity contribution in [3.05, 3.63) is 83.7 Å². The molecule has 0 fully saturated rings. The molecular weight excluding hydrogens is 381 g/mol. The average molecular weight is 393 g/mol. The third-order valence-electron chi connectivity index (χ3n) is 3.69. The van der Waals surface area contributed by atoms with Gasteiger partial charge in [0.15, 0.2) is 11.6 Å². The molecule has 0 saturated heterocycles. The van der Waals surface area contributed by atoms with Gasteiger partial charge in [-0.15, -0.1) is 0 Å². The van der Waals surface area contributed by atoms with Crippen LogP contribution in [-0.4, -0.2) is 10.9 Å². The van der Waals surface area contributed by atoms with Crippen LogP contribution in [0.3, 0.4) is 0 Å². The van der Waals surface area contributed by atoms with E-state index in [1.807, 2.05) is 0 Å². The van der Waals surface area contributed by atoms with Gasteiger partial charge in [-0.25, -0.2) is 13.8 Å². The van der Waals surface area contributed by atoms with Crippen molar-refractivity contribution in [2.45, 2.75) is 6.18 Å². The average Bonchev–Trinajstić information content (AvgIpc) is 2.65. The highest BCUT2D eigenvalue weighted by Crippen LogP contribution is 2.34. The molecule has 28 heavy (non-hydrogen) atoms. The number of para-hydroxylation sites is 1. The molecule has 4 nitrogen and oxygen atoms in total. The Morgan fingerprint density at radius 3 is 2.25 bits per heavy atom. The molecule has 3 rings (SSSR count). The molecule has 0 saturated carbocycles. The van der Waals surface area contributed by atoms with E-state index in [1.54, 1.807) is 0 Å². The van der Waals surface area contributed by atoms with Crippen LogP contribution in [0.15, 0.2) is 60.8 Å². The second-order valence-corrected chi connectivity index (χ2v) is 5.68. The summed E-state index contributed by atoms with van der Waals surface area (Å²) in [6, 6.07) is 10.5. The molecule has 0 bridgehead atoms. The number of alkyl halides is 3. The lowest BCUT2D eigenvalue weighted by molar-refractivity contribution is -0.136. The number of nitrogens with one attached hydrogen (secondary N) is 2. The monoisotopic (exact) mass is 393 g/mol. The normalized spacial score (nSPS) is 11.2. The number of hydrogen-bond acceptors (Lipinski definition) is 3. The van der Waals surface area contributed by atoms with E-state index in [2.05, 4.69) is 15.6 Å². The van der Waals surface area contributed by atoms with Gasteiger partial charge in [-0.3, -0.25) is 4.79 Å². The lowest BCUT2D eigenvalue weighted by atomic mass is 10.1. The summed E-state index contributed by atoms with van der Waals surface area (Å²) in [6.07, 6.45) is -3.37. The van der Waals surface area contributed by atoms with Crippen LogP contribution in [0.2, 0.25) is 0 Å². The number of aromatic nitrogens is 1.